The van der Waals surface area contributed by atoms with E-state index in [-0.39, 0.29) is 30.2 Å². The first-order chi connectivity index (χ1) is 16.6. The summed E-state index contributed by atoms with van der Waals surface area (Å²) in [6.07, 6.45) is 6.76. The van der Waals surface area contributed by atoms with Gasteiger partial charge in [-0.25, -0.2) is 4.39 Å². The van der Waals surface area contributed by atoms with Crippen molar-refractivity contribution < 1.29 is 14.0 Å². The first kappa shape index (κ1) is 22.7. The summed E-state index contributed by atoms with van der Waals surface area (Å²) in [5.41, 5.74) is 2.68. The van der Waals surface area contributed by atoms with Gasteiger partial charge in [-0.3, -0.25) is 9.59 Å². The minimum Gasteiger partial charge on any atom is -0.349 e. The van der Waals surface area contributed by atoms with Gasteiger partial charge in [-0.05, 0) is 60.9 Å². The van der Waals surface area contributed by atoms with Crippen LogP contribution >= 0.6 is 11.8 Å². The SMILES string of the molecule is O=C(NC1CCCCCC1)c1ccc2c(c1)N(Cc1ccc(F)cc1)C(=O)c1ccccc1S2. The van der Waals surface area contributed by atoms with E-state index in [4.69, 9.17) is 0 Å². The Kier molecular flexibility index (Phi) is 6.68. The average molecular weight is 475 g/mol. The van der Waals surface area contributed by atoms with Crippen molar-refractivity contribution in [3.8, 4) is 0 Å². The number of benzene rings is 3. The number of halogens is 1. The Labute approximate surface area is 203 Å². The van der Waals surface area contributed by atoms with Crippen molar-refractivity contribution in [3.63, 3.8) is 0 Å². The highest BCUT2D eigenvalue weighted by molar-refractivity contribution is 7.99. The highest BCUT2D eigenvalue weighted by atomic mass is 32.2. The third kappa shape index (κ3) is 4.87. The first-order valence-electron chi connectivity index (χ1n) is 11.9. The zero-order valence-corrected chi connectivity index (χ0v) is 19.7. The molecule has 34 heavy (non-hydrogen) atoms. The fourth-order valence-electron chi connectivity index (χ4n) is 4.68. The lowest BCUT2D eigenvalue weighted by Gasteiger charge is -2.24. The van der Waals surface area contributed by atoms with Gasteiger partial charge in [0.1, 0.15) is 5.82 Å². The van der Waals surface area contributed by atoms with Crippen molar-refractivity contribution in [3.05, 3.63) is 89.2 Å². The van der Waals surface area contributed by atoms with Crippen LogP contribution in [0.1, 0.15) is 64.8 Å². The summed E-state index contributed by atoms with van der Waals surface area (Å²) in [5.74, 6) is -0.548. The third-order valence-corrected chi connectivity index (χ3v) is 7.68. The van der Waals surface area contributed by atoms with Crippen LogP contribution in [0, 0.1) is 5.82 Å². The Morgan fingerprint density at radius 1 is 0.941 bits per heavy atom. The molecule has 1 aliphatic heterocycles. The molecule has 2 aliphatic rings. The number of nitrogens with zero attached hydrogens (tertiary/aromatic N) is 1. The number of hydrogen-bond donors (Lipinski definition) is 1. The van der Waals surface area contributed by atoms with Crippen LogP contribution in [0.15, 0.2) is 76.5 Å². The monoisotopic (exact) mass is 474 g/mol. The van der Waals surface area contributed by atoms with Gasteiger partial charge >= 0.3 is 0 Å². The van der Waals surface area contributed by atoms with Gasteiger partial charge in [-0.15, -0.1) is 0 Å². The molecule has 0 saturated heterocycles. The van der Waals surface area contributed by atoms with Gasteiger partial charge in [0.05, 0.1) is 17.8 Å². The van der Waals surface area contributed by atoms with Crippen molar-refractivity contribution in [1.29, 1.82) is 0 Å². The molecule has 3 aromatic carbocycles. The molecule has 0 bridgehead atoms. The number of carbonyl (C=O) groups excluding carboxylic acids is 2. The van der Waals surface area contributed by atoms with E-state index < -0.39 is 0 Å². The van der Waals surface area contributed by atoms with Crippen molar-refractivity contribution in [2.75, 3.05) is 4.90 Å². The van der Waals surface area contributed by atoms with Crippen molar-refractivity contribution in [2.24, 2.45) is 0 Å². The van der Waals surface area contributed by atoms with Gasteiger partial charge in [-0.2, -0.15) is 0 Å². The summed E-state index contributed by atoms with van der Waals surface area (Å²) < 4.78 is 13.5. The van der Waals surface area contributed by atoms with E-state index in [1.54, 1.807) is 17.0 Å². The Bertz CT molecular complexity index is 1200. The van der Waals surface area contributed by atoms with Crippen LogP contribution in [0.25, 0.3) is 0 Å². The molecule has 1 saturated carbocycles. The molecule has 0 spiro atoms. The molecular weight excluding hydrogens is 447 g/mol. The number of fused-ring (bicyclic) bond motifs is 2. The molecule has 6 heteroatoms. The van der Waals surface area contributed by atoms with Crippen molar-refractivity contribution in [2.45, 2.75) is 60.9 Å². The lowest BCUT2D eigenvalue weighted by molar-refractivity contribution is 0.0931. The van der Waals surface area contributed by atoms with E-state index >= 15 is 0 Å². The van der Waals surface area contributed by atoms with Crippen LogP contribution in [-0.4, -0.2) is 17.9 Å². The zero-order valence-electron chi connectivity index (χ0n) is 18.9. The van der Waals surface area contributed by atoms with Gasteiger partial charge in [0.25, 0.3) is 11.8 Å². The Balaban J connectivity index is 1.50. The van der Waals surface area contributed by atoms with Crippen LogP contribution in [0.4, 0.5) is 10.1 Å². The molecule has 1 N–H and O–H groups in total. The largest absolute Gasteiger partial charge is 0.349 e. The predicted molar refractivity (Wildman–Crippen MR) is 133 cm³/mol. The molecule has 0 unspecified atom stereocenters. The summed E-state index contributed by atoms with van der Waals surface area (Å²) in [6, 6.07) is 19.5. The first-order valence-corrected chi connectivity index (χ1v) is 12.7. The molecule has 2 amide bonds. The summed E-state index contributed by atoms with van der Waals surface area (Å²) in [5, 5.41) is 3.21. The van der Waals surface area contributed by atoms with Crippen LogP contribution in [0.3, 0.4) is 0 Å². The molecule has 1 heterocycles. The second-order valence-electron chi connectivity index (χ2n) is 8.96. The Morgan fingerprint density at radius 3 is 2.44 bits per heavy atom. The smallest absolute Gasteiger partial charge is 0.259 e. The maximum atomic E-state index is 13.6. The fraction of sp³-hybridized carbons (Fsp3) is 0.286. The van der Waals surface area contributed by atoms with Gasteiger partial charge in [0.2, 0.25) is 0 Å². The molecule has 174 valence electrons. The number of rotatable bonds is 4. The number of amides is 2. The van der Waals surface area contributed by atoms with Crippen LogP contribution in [0.2, 0.25) is 0 Å². The molecular formula is C28H27FN2O2S. The third-order valence-electron chi connectivity index (χ3n) is 6.54. The maximum absolute atomic E-state index is 13.6. The summed E-state index contributed by atoms with van der Waals surface area (Å²) >= 11 is 1.53. The van der Waals surface area contributed by atoms with E-state index in [9.17, 15) is 14.0 Å². The molecule has 1 aliphatic carbocycles. The highest BCUT2D eigenvalue weighted by Crippen LogP contribution is 2.42. The van der Waals surface area contributed by atoms with E-state index in [0.29, 0.717) is 16.8 Å². The van der Waals surface area contributed by atoms with Gasteiger partial charge in [0, 0.05) is 21.4 Å². The molecule has 0 aromatic heterocycles. The summed E-state index contributed by atoms with van der Waals surface area (Å²) in [4.78, 5) is 30.3. The molecule has 5 rings (SSSR count). The van der Waals surface area contributed by atoms with Gasteiger partial charge < -0.3 is 10.2 Å². The lowest BCUT2D eigenvalue weighted by Crippen LogP contribution is -2.35. The maximum Gasteiger partial charge on any atom is 0.259 e. The van der Waals surface area contributed by atoms with E-state index in [1.807, 2.05) is 42.5 Å². The standard InChI is InChI=1S/C28H27FN2O2S/c29-21-14-11-19(12-15-21)18-31-24-17-20(27(32)30-22-7-3-1-2-4-8-22)13-16-26(24)34-25-10-6-5-9-23(25)28(31)33/h5-6,9-17,22H,1-4,7-8,18H2,(H,30,32). The number of nitrogens with one attached hydrogen (secondary N) is 1. The zero-order chi connectivity index (χ0) is 23.5. The topological polar surface area (TPSA) is 49.4 Å². The highest BCUT2D eigenvalue weighted by Gasteiger charge is 2.28. The van der Waals surface area contributed by atoms with E-state index in [2.05, 4.69) is 5.32 Å². The lowest BCUT2D eigenvalue weighted by atomic mass is 10.1. The van der Waals surface area contributed by atoms with Crippen molar-refractivity contribution in [1.82, 2.24) is 5.32 Å². The second kappa shape index (κ2) is 10.0. The number of carbonyl (C=O) groups is 2. The summed E-state index contributed by atoms with van der Waals surface area (Å²) in [6.45, 7) is 0.286. The predicted octanol–water partition coefficient (Wildman–Crippen LogP) is 6.59. The van der Waals surface area contributed by atoms with Crippen LogP contribution < -0.4 is 10.2 Å². The Hall–Kier alpha value is -3.12. The number of anilines is 1. The molecule has 1 fully saturated rings. The Morgan fingerprint density at radius 2 is 1.68 bits per heavy atom. The van der Waals surface area contributed by atoms with Gasteiger partial charge in [-0.1, -0.05) is 61.7 Å². The van der Waals surface area contributed by atoms with Crippen molar-refractivity contribution >= 4 is 29.3 Å². The van der Waals surface area contributed by atoms with Crippen LogP contribution in [0.5, 0.6) is 0 Å². The molecule has 0 radical (unpaired) electrons. The fourth-order valence-corrected chi connectivity index (χ4v) is 5.74. The van der Waals surface area contributed by atoms with E-state index in [1.165, 1.54) is 36.7 Å². The normalized spacial score (nSPS) is 16.3. The molecule has 3 aromatic rings. The minimum atomic E-state index is -0.315. The molecule has 4 nitrogen and oxygen atoms in total. The molecule has 0 atom stereocenters. The summed E-state index contributed by atoms with van der Waals surface area (Å²) in [7, 11) is 0. The number of hydrogen-bond acceptors (Lipinski definition) is 3. The minimum absolute atomic E-state index is 0.101. The van der Waals surface area contributed by atoms with Gasteiger partial charge in [0.15, 0.2) is 0 Å². The average Bonchev–Trinajstić information content (AvgIpc) is 3.17. The second-order valence-corrected chi connectivity index (χ2v) is 10.0. The van der Waals surface area contributed by atoms with E-state index in [0.717, 1.165) is 41.0 Å². The van der Waals surface area contributed by atoms with Crippen LogP contribution in [-0.2, 0) is 6.54 Å². The quantitative estimate of drug-likeness (QED) is 0.434.